The molecule has 16 atom stereocenters. The molecule has 2 aromatic carbocycles. The molecule has 2 unspecified atom stereocenters. The van der Waals surface area contributed by atoms with Gasteiger partial charge in [0.25, 0.3) is 0 Å². The number of carbonyl (C=O) groups excluding carboxylic acids is 2. The number of aliphatic hydroxyl groups excluding tert-OH is 4. The zero-order valence-corrected chi connectivity index (χ0v) is 47.4. The zero-order chi connectivity index (χ0) is 54.8. The predicted octanol–water partition coefficient (Wildman–Crippen LogP) is 5.12. The van der Waals surface area contributed by atoms with Gasteiger partial charge in [0.05, 0.1) is 38.5 Å². The molecule has 76 heavy (non-hydrogen) atoms. The van der Waals surface area contributed by atoms with E-state index in [1.54, 1.807) is 48.5 Å². The van der Waals surface area contributed by atoms with E-state index in [1.165, 1.54) is 19.0 Å². The molecule has 8 N–H and O–H groups in total. The van der Waals surface area contributed by atoms with Gasteiger partial charge >= 0.3 is 7.12 Å². The van der Waals surface area contributed by atoms with Crippen molar-refractivity contribution in [2.24, 2.45) is 58.2 Å². The standard InChI is InChI=1S/C29H39N3O4.C24H35IN2O4.C5H6BNO2/c1-17-23-12-22(29(23,3)4)13-24(17)31-28(35)27-26(18(2)34)25(16-33)36-32(27)15-19-7-5-8-20(11-19)21-9-6-10-30-14-21;1-13-18-9-16(24(18,3)4)10-19(13)26-23(30)22-21(14(2)29)20(12-28)31-27(22)11-15-6-5-7-17(25)8-15;8-6(9)5-2-1-3-7-4-5/h5-11,14,17-18,22-27,33-34H,12-13,15-16H2,1-4H3,(H,31,35);5-8,13-14,16,18-22,28-29H,9-12H2,1-4H3,(H,26,30);1-4,8-9H/t17-,18-,22+,23-,24?,25-,26+,27-;13-,14-,16+,18-,19?,20-,21+,22-;/m00./s1. The lowest BCUT2D eigenvalue weighted by Crippen LogP contribution is -2.62. The molecule has 6 aliphatic carbocycles. The van der Waals surface area contributed by atoms with Crippen LogP contribution < -0.4 is 16.1 Å². The fourth-order valence-electron chi connectivity index (χ4n) is 13.9. The minimum absolute atomic E-state index is 0.108. The molecule has 2 saturated heterocycles. The Morgan fingerprint density at radius 3 is 1.53 bits per heavy atom. The number of hydroxylamine groups is 4. The van der Waals surface area contributed by atoms with Crippen molar-refractivity contribution in [3.63, 3.8) is 0 Å². The normalized spacial score (nSPS) is 32.7. The number of nitrogens with one attached hydrogen (secondary N) is 2. The molecule has 412 valence electrons. The van der Waals surface area contributed by atoms with Gasteiger partial charge in [-0.2, -0.15) is 10.1 Å². The lowest BCUT2D eigenvalue weighted by atomic mass is 9.45. The molecule has 4 heterocycles. The molecule has 12 rings (SSSR count). The van der Waals surface area contributed by atoms with Crippen molar-refractivity contribution in [1.29, 1.82) is 0 Å². The van der Waals surface area contributed by atoms with E-state index in [-0.39, 0.29) is 37.1 Å². The summed E-state index contributed by atoms with van der Waals surface area (Å²) >= 11 is 2.27. The van der Waals surface area contributed by atoms with Crippen molar-refractivity contribution in [2.45, 2.75) is 143 Å². The van der Waals surface area contributed by atoms with Crippen molar-refractivity contribution in [3.8, 4) is 11.1 Å². The number of carbonyl (C=O) groups is 2. The lowest BCUT2D eigenvalue weighted by molar-refractivity contribution is -0.183. The largest absolute Gasteiger partial charge is 0.490 e. The molecule has 2 aromatic heterocycles. The highest BCUT2D eigenvalue weighted by Crippen LogP contribution is 2.62. The maximum atomic E-state index is 13.8. The van der Waals surface area contributed by atoms with E-state index in [1.807, 2.05) is 54.7 Å². The van der Waals surface area contributed by atoms with Crippen LogP contribution in [0.2, 0.25) is 0 Å². The number of halogens is 1. The van der Waals surface area contributed by atoms with Crippen molar-refractivity contribution in [2.75, 3.05) is 13.2 Å². The van der Waals surface area contributed by atoms with Crippen LogP contribution in [0, 0.1) is 61.7 Å². The number of nitrogens with zero attached hydrogens (tertiary/aromatic N) is 4. The van der Waals surface area contributed by atoms with Gasteiger partial charge in [0.1, 0.15) is 24.3 Å². The number of fused-ring (bicyclic) bond motifs is 4. The smallest absolute Gasteiger partial charge is 0.423 e. The molecule has 8 aliphatic rings. The number of pyridine rings is 2. The van der Waals surface area contributed by atoms with Crippen LogP contribution in [0.15, 0.2) is 97.6 Å². The van der Waals surface area contributed by atoms with Gasteiger partial charge in [-0.25, -0.2) is 0 Å². The van der Waals surface area contributed by atoms with Gasteiger partial charge in [0, 0.05) is 57.7 Å². The van der Waals surface area contributed by atoms with Crippen LogP contribution in [0.3, 0.4) is 0 Å². The third kappa shape index (κ3) is 12.4. The second-order valence-electron chi connectivity index (χ2n) is 23.7. The number of rotatable bonds is 14. The third-order valence-corrected chi connectivity index (χ3v) is 19.3. The fourth-order valence-corrected chi connectivity index (χ4v) is 14.5. The van der Waals surface area contributed by atoms with Gasteiger partial charge in [-0.05, 0) is 161 Å². The Kier molecular flexibility index (Phi) is 18.9. The van der Waals surface area contributed by atoms with E-state index < -0.39 is 55.5 Å². The van der Waals surface area contributed by atoms with Crippen LogP contribution in [0.4, 0.5) is 0 Å². The van der Waals surface area contributed by atoms with Crippen molar-refractivity contribution >= 4 is 47.0 Å². The molecule has 2 amide bonds. The van der Waals surface area contributed by atoms with E-state index in [9.17, 15) is 30.0 Å². The molecule has 2 aliphatic heterocycles. The van der Waals surface area contributed by atoms with E-state index >= 15 is 0 Å². The predicted molar refractivity (Wildman–Crippen MR) is 298 cm³/mol. The van der Waals surface area contributed by atoms with Crippen molar-refractivity contribution < 1.29 is 49.7 Å². The Morgan fingerprint density at radius 1 is 0.684 bits per heavy atom. The Bertz CT molecular complexity index is 2570. The Morgan fingerprint density at radius 2 is 1.14 bits per heavy atom. The Labute approximate surface area is 462 Å². The molecule has 4 bridgehead atoms. The van der Waals surface area contributed by atoms with E-state index in [2.05, 4.69) is 96.9 Å². The number of hydrogen-bond donors (Lipinski definition) is 8. The first-order valence-electron chi connectivity index (χ1n) is 27.2. The maximum absolute atomic E-state index is 13.8. The van der Waals surface area contributed by atoms with Gasteiger partial charge in [-0.15, -0.1) is 0 Å². The third-order valence-electron chi connectivity index (χ3n) is 18.6. The van der Waals surface area contributed by atoms with Crippen LogP contribution in [0.25, 0.3) is 11.1 Å². The molecule has 0 spiro atoms. The second-order valence-corrected chi connectivity index (χ2v) is 24.9. The number of hydrogen-bond acceptors (Lipinski definition) is 14. The first-order chi connectivity index (χ1) is 36.1. The number of aliphatic hydroxyl groups is 4. The van der Waals surface area contributed by atoms with Gasteiger partial charge in [-0.1, -0.05) is 84.0 Å². The monoisotopic (exact) mass is 1160 g/mol. The van der Waals surface area contributed by atoms with E-state index in [4.69, 9.17) is 19.7 Å². The van der Waals surface area contributed by atoms with Gasteiger partial charge < -0.3 is 41.1 Å². The number of aromatic nitrogens is 2. The lowest BCUT2D eigenvalue weighted by Gasteiger charge is -2.62. The fraction of sp³-hybridized carbons (Fsp3) is 0.586. The molecule has 8 fully saturated rings. The molecule has 0 radical (unpaired) electrons. The van der Waals surface area contributed by atoms with Gasteiger partial charge in [0.2, 0.25) is 11.8 Å². The number of benzene rings is 2. The summed E-state index contributed by atoms with van der Waals surface area (Å²) in [7, 11) is -1.40. The molecular weight excluding hydrogens is 1080 g/mol. The quantitative estimate of drug-likeness (QED) is 0.0606. The SMILES string of the molecule is C[C@H](O)[C@@H]1[C@H](CO)ON(Cc2cccc(-c3cccnc3)c2)[C@@H]1C(=O)NC1C[C@H]2C[C@@H]([C@@H]1C)C2(C)C.C[C@H](O)[C@@H]1[C@H](CO)ON(Cc2cccc(I)c2)[C@@H]1C(=O)NC1C[C@H]2C[C@@H]([C@@H]1C)C2(C)C.OB(O)c1cccnc1. The first kappa shape index (κ1) is 58.2. The molecule has 4 aromatic rings. The highest BCUT2D eigenvalue weighted by molar-refractivity contribution is 14.1. The summed E-state index contributed by atoms with van der Waals surface area (Å²) in [6.45, 7) is 17.5. The minimum atomic E-state index is -1.40. The minimum Gasteiger partial charge on any atom is -0.423 e. The highest BCUT2D eigenvalue weighted by atomic mass is 127. The van der Waals surface area contributed by atoms with Crippen LogP contribution in [0.1, 0.15) is 92.2 Å². The Hall–Kier alpha value is -3.93. The molecular formula is C58H80BIN6O10. The Balaban J connectivity index is 0.000000174. The van der Waals surface area contributed by atoms with Gasteiger partial charge in [-0.3, -0.25) is 29.2 Å². The second kappa shape index (κ2) is 24.6. The molecule has 6 saturated carbocycles. The van der Waals surface area contributed by atoms with E-state index in [0.717, 1.165) is 38.7 Å². The average Bonchev–Trinajstić information content (AvgIpc) is 3.96. The zero-order valence-electron chi connectivity index (χ0n) is 45.2. The van der Waals surface area contributed by atoms with Crippen LogP contribution >= 0.6 is 22.6 Å². The van der Waals surface area contributed by atoms with Crippen LogP contribution in [0.5, 0.6) is 0 Å². The summed E-state index contributed by atoms with van der Waals surface area (Å²) in [5.74, 6) is 2.11. The van der Waals surface area contributed by atoms with Crippen molar-refractivity contribution in [1.82, 2.24) is 30.7 Å². The summed E-state index contributed by atoms with van der Waals surface area (Å²) in [4.78, 5) is 47.3. The summed E-state index contributed by atoms with van der Waals surface area (Å²) in [6.07, 6.45) is 8.23. The van der Waals surface area contributed by atoms with E-state index in [0.29, 0.717) is 64.9 Å². The van der Waals surface area contributed by atoms with Crippen LogP contribution in [-0.2, 0) is 32.4 Å². The van der Waals surface area contributed by atoms with Crippen molar-refractivity contribution in [3.05, 3.63) is 112 Å². The first-order valence-corrected chi connectivity index (χ1v) is 28.3. The maximum Gasteiger partial charge on any atom is 0.490 e. The summed E-state index contributed by atoms with van der Waals surface area (Å²) in [6, 6.07) is 22.2. The number of amides is 2. The average molecular weight is 1160 g/mol. The van der Waals surface area contributed by atoms with Gasteiger partial charge in [0.15, 0.2) is 0 Å². The summed E-state index contributed by atoms with van der Waals surface area (Å²) < 4.78 is 1.11. The molecule has 18 heteroatoms. The summed E-state index contributed by atoms with van der Waals surface area (Å²) in [5.41, 5.74) is 5.16. The topological polar surface area (TPSA) is 230 Å². The highest BCUT2D eigenvalue weighted by Gasteiger charge is 2.59. The molecule has 16 nitrogen and oxygen atoms in total. The summed E-state index contributed by atoms with van der Waals surface area (Å²) in [5, 5.41) is 68.0. The van der Waals surface area contributed by atoms with Crippen LogP contribution in [-0.4, -0.2) is 131 Å².